The molecule has 0 aromatic carbocycles. The van der Waals surface area contributed by atoms with Crippen molar-refractivity contribution in [1.82, 2.24) is 4.90 Å². The highest BCUT2D eigenvalue weighted by Crippen LogP contribution is 2.37. The number of hydrogen-bond donors (Lipinski definition) is 1. The van der Waals surface area contributed by atoms with Gasteiger partial charge in [0, 0.05) is 30.1 Å². The topological polar surface area (TPSA) is 41.6 Å². The van der Waals surface area contributed by atoms with E-state index < -0.39 is 0 Å². The quantitative estimate of drug-likeness (QED) is 0.759. The molecule has 140 valence electrons. The van der Waals surface area contributed by atoms with E-state index in [2.05, 4.69) is 39.5 Å². The number of rotatable bonds is 2. The van der Waals surface area contributed by atoms with Gasteiger partial charge in [0.15, 0.2) is 0 Å². The van der Waals surface area contributed by atoms with Crippen LogP contribution in [0.1, 0.15) is 98.8 Å². The van der Waals surface area contributed by atoms with Crippen LogP contribution in [-0.4, -0.2) is 34.4 Å². The summed E-state index contributed by atoms with van der Waals surface area (Å²) in [4.78, 5) is 7.66. The van der Waals surface area contributed by atoms with E-state index in [1.165, 1.54) is 63.6 Å². The largest absolute Gasteiger partial charge is 0.355 e. The van der Waals surface area contributed by atoms with E-state index in [9.17, 15) is 0 Å². The summed E-state index contributed by atoms with van der Waals surface area (Å²) in [5.41, 5.74) is 6.72. The fourth-order valence-electron chi connectivity index (χ4n) is 4.89. The highest BCUT2D eigenvalue weighted by Gasteiger charge is 2.38. The highest BCUT2D eigenvalue weighted by molar-refractivity contribution is 5.84. The first-order valence-electron chi connectivity index (χ1n) is 10.4. The predicted molar refractivity (Wildman–Crippen MR) is 106 cm³/mol. The summed E-state index contributed by atoms with van der Waals surface area (Å²) < 4.78 is 0. The maximum absolute atomic E-state index is 6.71. The SMILES string of the molecule is CC(C)/N=C1\CCC2CC(C)(N)CCCCCCCC2N1C(C)C. The third kappa shape index (κ3) is 5.47. The van der Waals surface area contributed by atoms with Crippen molar-refractivity contribution in [2.24, 2.45) is 16.6 Å². The standard InChI is InChI=1S/C21H41N3/c1-16(2)23-20-13-12-18-15-21(5,22)14-10-8-6-7-9-11-19(18)24(20)17(3)4/h16-19H,6-15,22H2,1-5H3/b23-20+. The van der Waals surface area contributed by atoms with Gasteiger partial charge in [0.2, 0.25) is 0 Å². The monoisotopic (exact) mass is 335 g/mol. The Morgan fingerprint density at radius 3 is 2.38 bits per heavy atom. The van der Waals surface area contributed by atoms with Crippen LogP contribution in [-0.2, 0) is 0 Å². The molecule has 3 heteroatoms. The van der Waals surface area contributed by atoms with Gasteiger partial charge >= 0.3 is 0 Å². The van der Waals surface area contributed by atoms with E-state index in [4.69, 9.17) is 10.7 Å². The van der Waals surface area contributed by atoms with E-state index in [0.29, 0.717) is 18.1 Å². The minimum atomic E-state index is 0.00258. The predicted octanol–water partition coefficient (Wildman–Crippen LogP) is 5.13. The normalized spacial score (nSPS) is 35.2. The molecule has 24 heavy (non-hydrogen) atoms. The molecule has 0 aromatic heterocycles. The zero-order chi connectivity index (χ0) is 17.7. The third-order valence-corrected chi connectivity index (χ3v) is 5.88. The lowest BCUT2D eigenvalue weighted by molar-refractivity contribution is 0.121. The van der Waals surface area contributed by atoms with Crippen LogP contribution in [0.5, 0.6) is 0 Å². The Morgan fingerprint density at radius 2 is 1.71 bits per heavy atom. The molecular formula is C21H41N3. The van der Waals surface area contributed by atoms with Crippen molar-refractivity contribution in [3.05, 3.63) is 0 Å². The smallest absolute Gasteiger partial charge is 0.0997 e. The van der Waals surface area contributed by atoms with Gasteiger partial charge in [-0.15, -0.1) is 0 Å². The lowest BCUT2D eigenvalue weighted by Gasteiger charge is -2.48. The molecule has 1 saturated heterocycles. The van der Waals surface area contributed by atoms with Gasteiger partial charge in [-0.3, -0.25) is 4.99 Å². The Labute approximate surface area is 150 Å². The Morgan fingerprint density at radius 1 is 1.04 bits per heavy atom. The van der Waals surface area contributed by atoms with Gasteiger partial charge in [-0.1, -0.05) is 32.1 Å². The second kappa shape index (κ2) is 8.69. The van der Waals surface area contributed by atoms with Crippen LogP contribution >= 0.6 is 0 Å². The molecule has 0 amide bonds. The summed E-state index contributed by atoms with van der Waals surface area (Å²) >= 11 is 0. The van der Waals surface area contributed by atoms with Crippen LogP contribution < -0.4 is 5.73 Å². The van der Waals surface area contributed by atoms with Crippen LogP contribution in [0.25, 0.3) is 0 Å². The average molecular weight is 336 g/mol. The number of nitrogens with zero attached hydrogens (tertiary/aromatic N) is 2. The van der Waals surface area contributed by atoms with Crippen LogP contribution in [0.2, 0.25) is 0 Å². The van der Waals surface area contributed by atoms with Crippen LogP contribution in [0, 0.1) is 5.92 Å². The van der Waals surface area contributed by atoms with Crippen molar-refractivity contribution in [1.29, 1.82) is 0 Å². The molecule has 0 radical (unpaired) electrons. The average Bonchev–Trinajstić information content (AvgIpc) is 2.49. The summed E-state index contributed by atoms with van der Waals surface area (Å²) in [6.45, 7) is 11.4. The number of likely N-dealkylation sites (tertiary alicyclic amines) is 1. The van der Waals surface area contributed by atoms with Crippen molar-refractivity contribution < 1.29 is 0 Å². The number of aliphatic imine (C=N–C) groups is 1. The zero-order valence-corrected chi connectivity index (χ0v) is 16.9. The second-order valence-corrected chi connectivity index (χ2v) is 9.17. The van der Waals surface area contributed by atoms with Crippen molar-refractivity contribution in [2.45, 2.75) is 122 Å². The number of nitrogens with two attached hydrogens (primary N) is 1. The van der Waals surface area contributed by atoms with Gasteiger partial charge in [0.1, 0.15) is 0 Å². The van der Waals surface area contributed by atoms with Gasteiger partial charge in [-0.25, -0.2) is 0 Å². The van der Waals surface area contributed by atoms with Crippen molar-refractivity contribution in [3.8, 4) is 0 Å². The first-order chi connectivity index (χ1) is 11.3. The molecule has 2 fully saturated rings. The molecule has 0 spiro atoms. The Bertz CT molecular complexity index is 411. The van der Waals surface area contributed by atoms with Crippen LogP contribution in [0.4, 0.5) is 0 Å². The van der Waals surface area contributed by atoms with Gasteiger partial charge in [-0.05, 0) is 66.2 Å². The molecule has 1 aliphatic carbocycles. The Hall–Kier alpha value is -0.570. The number of piperidine rings is 1. The van der Waals surface area contributed by atoms with E-state index in [0.717, 1.165) is 12.3 Å². The number of hydrogen-bond acceptors (Lipinski definition) is 2. The molecule has 0 aromatic rings. The highest BCUT2D eigenvalue weighted by atomic mass is 15.2. The van der Waals surface area contributed by atoms with Crippen LogP contribution in [0.15, 0.2) is 4.99 Å². The van der Waals surface area contributed by atoms with E-state index in [-0.39, 0.29) is 5.54 Å². The van der Waals surface area contributed by atoms with Crippen molar-refractivity contribution in [2.75, 3.05) is 0 Å². The Kier molecular flexibility index (Phi) is 7.15. The summed E-state index contributed by atoms with van der Waals surface area (Å²) in [5.74, 6) is 2.08. The fraction of sp³-hybridized carbons (Fsp3) is 0.952. The molecule has 2 rings (SSSR count). The number of fused-ring (bicyclic) bond motifs is 1. The van der Waals surface area contributed by atoms with Crippen LogP contribution in [0.3, 0.4) is 0 Å². The lowest BCUT2D eigenvalue weighted by atomic mass is 9.76. The lowest BCUT2D eigenvalue weighted by Crippen LogP contribution is -2.54. The summed E-state index contributed by atoms with van der Waals surface area (Å²) in [6.07, 6.45) is 12.9. The maximum atomic E-state index is 6.71. The molecule has 0 bridgehead atoms. The fourth-order valence-corrected chi connectivity index (χ4v) is 4.89. The minimum absolute atomic E-state index is 0.00258. The molecule has 3 unspecified atom stereocenters. The molecule has 1 saturated carbocycles. The molecule has 3 nitrogen and oxygen atoms in total. The Balaban J connectivity index is 2.25. The molecule has 2 aliphatic rings. The summed E-state index contributed by atoms with van der Waals surface area (Å²) in [5, 5.41) is 0. The summed E-state index contributed by atoms with van der Waals surface area (Å²) in [6, 6.07) is 1.56. The molecule has 2 N–H and O–H groups in total. The van der Waals surface area contributed by atoms with Gasteiger partial charge < -0.3 is 10.6 Å². The molecule has 1 heterocycles. The third-order valence-electron chi connectivity index (χ3n) is 5.88. The number of amidine groups is 1. The van der Waals surface area contributed by atoms with Gasteiger partial charge in [0.25, 0.3) is 0 Å². The minimum Gasteiger partial charge on any atom is -0.355 e. The molecule has 3 atom stereocenters. The molecular weight excluding hydrogens is 294 g/mol. The first-order valence-corrected chi connectivity index (χ1v) is 10.4. The van der Waals surface area contributed by atoms with Crippen molar-refractivity contribution in [3.63, 3.8) is 0 Å². The maximum Gasteiger partial charge on any atom is 0.0997 e. The van der Waals surface area contributed by atoms with E-state index in [1.807, 2.05) is 0 Å². The molecule has 1 aliphatic heterocycles. The zero-order valence-electron chi connectivity index (χ0n) is 16.9. The van der Waals surface area contributed by atoms with Crippen molar-refractivity contribution >= 4 is 5.84 Å². The summed E-state index contributed by atoms with van der Waals surface area (Å²) in [7, 11) is 0. The van der Waals surface area contributed by atoms with E-state index >= 15 is 0 Å². The van der Waals surface area contributed by atoms with Gasteiger partial charge in [-0.2, -0.15) is 0 Å². The van der Waals surface area contributed by atoms with E-state index in [1.54, 1.807) is 0 Å². The van der Waals surface area contributed by atoms with Gasteiger partial charge in [0.05, 0.1) is 5.84 Å². The second-order valence-electron chi connectivity index (χ2n) is 9.17. The first kappa shape index (κ1) is 19.8.